The molecule has 2 aliphatic rings. The molecule has 0 aliphatic carbocycles. The molecule has 3 aromatic heterocycles. The quantitative estimate of drug-likeness (QED) is 0.660. The van der Waals surface area contributed by atoms with E-state index in [0.717, 1.165) is 17.8 Å². The van der Waals surface area contributed by atoms with Gasteiger partial charge in [-0.15, -0.1) is 5.10 Å². The van der Waals surface area contributed by atoms with Crippen molar-refractivity contribution in [2.45, 2.75) is 0 Å². The summed E-state index contributed by atoms with van der Waals surface area (Å²) < 4.78 is 14.9. The molecule has 0 saturated carbocycles. The van der Waals surface area contributed by atoms with E-state index >= 15 is 0 Å². The minimum absolute atomic E-state index is 0.432. The second-order valence-electron chi connectivity index (χ2n) is 4.66. The van der Waals surface area contributed by atoms with E-state index in [1.54, 1.807) is 22.6 Å². The van der Waals surface area contributed by atoms with Crippen LogP contribution in [-0.2, 0) is 4.84 Å². The predicted octanol–water partition coefficient (Wildman–Crippen LogP) is 1.17. The van der Waals surface area contributed by atoms with Crippen LogP contribution in [0.3, 0.4) is 0 Å². The molecule has 0 atom stereocenters. The number of nitrogens with zero attached hydrogens (tertiary/aromatic N) is 9. The number of aromatic amines is 1. The largest absolute Gasteiger partial charge is 0.363 e. The number of H-pyrrole nitrogens is 1. The number of hydrogen-bond acceptors (Lipinski definition) is 13. The summed E-state index contributed by atoms with van der Waals surface area (Å²) >= 11 is 2.44. The molecule has 3 aromatic rings. The van der Waals surface area contributed by atoms with Crippen molar-refractivity contribution in [3.8, 4) is 0 Å². The molecular weight excluding hydrogens is 368 g/mol. The lowest BCUT2D eigenvalue weighted by Crippen LogP contribution is -2.32. The molecule has 0 aromatic carbocycles. The Kier molecular flexibility index (Phi) is 3.36. The fourth-order valence-electron chi connectivity index (χ4n) is 2.36. The zero-order chi connectivity index (χ0) is 16.6. The van der Waals surface area contributed by atoms with E-state index in [9.17, 15) is 0 Å². The van der Waals surface area contributed by atoms with Crippen molar-refractivity contribution in [3.63, 3.8) is 0 Å². The molecule has 12 nitrogen and oxygen atoms in total. The van der Waals surface area contributed by atoms with Crippen LogP contribution >= 0.6 is 23.7 Å². The van der Waals surface area contributed by atoms with Crippen LogP contribution in [0.25, 0.3) is 11.4 Å². The Morgan fingerprint density at radius 3 is 2.88 bits per heavy atom. The smallest absolute Gasteiger partial charge is 0.213 e. The minimum atomic E-state index is 0.432. The number of anilines is 1. The molecular formula is C11H7N10O2S2. The van der Waals surface area contributed by atoms with Crippen molar-refractivity contribution < 1.29 is 9.36 Å². The number of tetrazole rings is 1. The van der Waals surface area contributed by atoms with E-state index in [4.69, 9.17) is 9.36 Å². The molecule has 1 N–H and O–H groups in total. The van der Waals surface area contributed by atoms with Gasteiger partial charge in [-0.2, -0.15) is 8.77 Å². The average Bonchev–Trinajstić information content (AvgIpc) is 3.48. The Labute approximate surface area is 148 Å². The average molecular weight is 375 g/mol. The summed E-state index contributed by atoms with van der Waals surface area (Å²) in [7, 11) is 0. The fourth-order valence-corrected chi connectivity index (χ4v) is 3.31. The van der Waals surface area contributed by atoms with Crippen LogP contribution in [0.15, 0.2) is 32.7 Å². The zero-order valence-corrected chi connectivity index (χ0v) is 13.8. The lowest BCUT2D eigenvalue weighted by Gasteiger charge is -2.25. The minimum Gasteiger partial charge on any atom is -0.363 e. The van der Waals surface area contributed by atoms with Crippen molar-refractivity contribution in [1.29, 1.82) is 0 Å². The van der Waals surface area contributed by atoms with Crippen molar-refractivity contribution in [3.05, 3.63) is 42.0 Å². The second-order valence-corrected chi connectivity index (χ2v) is 6.01. The first-order valence-corrected chi connectivity index (χ1v) is 8.37. The van der Waals surface area contributed by atoms with E-state index in [2.05, 4.69) is 34.6 Å². The first kappa shape index (κ1) is 14.4. The highest BCUT2D eigenvalue weighted by atomic mass is 32.2. The van der Waals surface area contributed by atoms with E-state index in [0.29, 0.717) is 23.0 Å². The van der Waals surface area contributed by atoms with Gasteiger partial charge >= 0.3 is 0 Å². The van der Waals surface area contributed by atoms with Gasteiger partial charge in [0.1, 0.15) is 35.5 Å². The van der Waals surface area contributed by atoms with Gasteiger partial charge in [-0.25, -0.2) is 10.1 Å². The molecule has 5 rings (SSSR count). The molecule has 125 valence electrons. The lowest BCUT2D eigenvalue weighted by atomic mass is 10.2. The zero-order valence-electron chi connectivity index (χ0n) is 12.1. The highest BCUT2D eigenvalue weighted by molar-refractivity contribution is 7.95. The van der Waals surface area contributed by atoms with Crippen LogP contribution in [0.1, 0.15) is 11.5 Å². The van der Waals surface area contributed by atoms with Crippen LogP contribution in [0.4, 0.5) is 5.82 Å². The van der Waals surface area contributed by atoms with Gasteiger partial charge in [-0.05, 0) is 28.0 Å². The highest BCUT2D eigenvalue weighted by Crippen LogP contribution is 2.43. The third-order valence-corrected chi connectivity index (χ3v) is 4.46. The third-order valence-electron chi connectivity index (χ3n) is 3.31. The summed E-state index contributed by atoms with van der Waals surface area (Å²) in [5.74, 6) is 1.00. The molecule has 0 fully saturated rings. The normalized spacial score (nSPS) is 17.8. The van der Waals surface area contributed by atoms with E-state index in [-0.39, 0.29) is 0 Å². The SMILES string of the molecule is [CH]1N(c2ccon2)C(c2ccsn2)=C(c2nnn[nH]2)N1N1OC=NS1. The maximum absolute atomic E-state index is 5.39. The van der Waals surface area contributed by atoms with Gasteiger partial charge in [-0.1, -0.05) is 5.16 Å². The number of aromatic nitrogens is 6. The van der Waals surface area contributed by atoms with Gasteiger partial charge in [0, 0.05) is 16.0 Å². The maximum atomic E-state index is 5.39. The number of hydrazine groups is 1. The van der Waals surface area contributed by atoms with Crippen molar-refractivity contribution in [2.24, 2.45) is 4.40 Å². The molecule has 1 radical (unpaired) electrons. The molecule has 0 saturated heterocycles. The lowest BCUT2D eigenvalue weighted by molar-refractivity contribution is -0.0775. The van der Waals surface area contributed by atoms with E-state index < -0.39 is 0 Å². The molecule has 5 heterocycles. The van der Waals surface area contributed by atoms with Crippen LogP contribution in [0.2, 0.25) is 0 Å². The molecule has 0 spiro atoms. The molecule has 14 heteroatoms. The van der Waals surface area contributed by atoms with Gasteiger partial charge in [-0.3, -0.25) is 4.90 Å². The first-order valence-electron chi connectivity index (χ1n) is 6.80. The summed E-state index contributed by atoms with van der Waals surface area (Å²) in [5, 5.41) is 21.7. The number of rotatable bonds is 4. The summed E-state index contributed by atoms with van der Waals surface area (Å²) in [6.45, 7) is 1.76. The predicted molar refractivity (Wildman–Crippen MR) is 87.2 cm³/mol. The topological polar surface area (TPSA) is 125 Å². The number of hydrogen-bond donors (Lipinski definition) is 1. The third kappa shape index (κ3) is 2.34. The van der Waals surface area contributed by atoms with Gasteiger partial charge in [0.05, 0.1) is 0 Å². The number of nitrogens with one attached hydrogen (secondary N) is 1. The summed E-state index contributed by atoms with van der Waals surface area (Å²) in [6.07, 6.45) is 2.82. The Balaban J connectivity index is 1.69. The standard InChI is InChI=1S/C11H7N10O2S2/c1-3-22-15-8(1)19-6-20(21-23-5-12-25-21)10(11-13-17-18-14-11)9(19)7-2-4-24-16-7/h1-6H,(H,13,14,17,18). The van der Waals surface area contributed by atoms with Crippen LogP contribution in [0.5, 0.6) is 0 Å². The van der Waals surface area contributed by atoms with Crippen molar-refractivity contribution in [2.75, 3.05) is 4.90 Å². The molecule has 25 heavy (non-hydrogen) atoms. The van der Waals surface area contributed by atoms with E-state index in [1.165, 1.54) is 28.8 Å². The monoisotopic (exact) mass is 375 g/mol. The fraction of sp³-hybridized carbons (Fsp3) is 0. The van der Waals surface area contributed by atoms with Crippen molar-refractivity contribution >= 4 is 47.3 Å². The summed E-state index contributed by atoms with van der Waals surface area (Å²) in [4.78, 5) is 7.20. The Bertz CT molecular complexity index is 899. The molecule has 0 bridgehead atoms. The maximum Gasteiger partial charge on any atom is 0.213 e. The Morgan fingerprint density at radius 2 is 2.20 bits per heavy atom. The highest BCUT2D eigenvalue weighted by Gasteiger charge is 2.41. The van der Waals surface area contributed by atoms with Crippen LogP contribution < -0.4 is 4.90 Å². The van der Waals surface area contributed by atoms with Crippen LogP contribution in [0, 0.1) is 6.67 Å². The summed E-state index contributed by atoms with van der Waals surface area (Å²) in [5.41, 5.74) is 2.06. The second kappa shape index (κ2) is 5.83. The summed E-state index contributed by atoms with van der Waals surface area (Å²) in [6, 6.07) is 3.62. The van der Waals surface area contributed by atoms with Gasteiger partial charge in [0.15, 0.2) is 18.3 Å². The Morgan fingerprint density at radius 1 is 1.20 bits per heavy atom. The van der Waals surface area contributed by atoms with Crippen LogP contribution in [-0.4, -0.2) is 46.1 Å². The van der Waals surface area contributed by atoms with E-state index in [1.807, 2.05) is 11.4 Å². The first-order chi connectivity index (χ1) is 12.4. The Hall–Kier alpha value is -2.97. The molecule has 0 unspecified atom stereocenters. The molecule has 0 amide bonds. The van der Waals surface area contributed by atoms with Crippen molar-refractivity contribution in [1.82, 2.24) is 39.7 Å². The van der Waals surface area contributed by atoms with Gasteiger partial charge in [0.25, 0.3) is 0 Å². The molecule has 2 aliphatic heterocycles. The van der Waals surface area contributed by atoms with Gasteiger partial charge < -0.3 is 9.36 Å². The van der Waals surface area contributed by atoms with Gasteiger partial charge in [0.2, 0.25) is 6.40 Å².